The topological polar surface area (TPSA) is 44.8 Å². The third kappa shape index (κ3) is 6.44. The van der Waals surface area contributed by atoms with Crippen molar-refractivity contribution in [2.75, 3.05) is 13.2 Å². The van der Waals surface area contributed by atoms with Crippen molar-refractivity contribution in [3.63, 3.8) is 0 Å². The third-order valence-corrected chi connectivity index (χ3v) is 1.99. The zero-order valence-corrected chi connectivity index (χ0v) is 10.4. The fraction of sp³-hybridized carbons (Fsp3) is 0.750. The van der Waals surface area contributed by atoms with Crippen LogP contribution < -0.4 is 0 Å². The van der Waals surface area contributed by atoms with E-state index in [-0.39, 0.29) is 31.2 Å². The van der Waals surface area contributed by atoms with Gasteiger partial charge in [0.25, 0.3) is 0 Å². The van der Waals surface area contributed by atoms with E-state index in [1.165, 1.54) is 0 Å². The van der Waals surface area contributed by atoms with Gasteiger partial charge in [-0.15, -0.1) is 6.42 Å². The molecular weight excluding hydrogens is 208 g/mol. The molecule has 16 heavy (non-hydrogen) atoms. The average Bonchev–Trinajstić information content (AvgIpc) is 2.20. The predicted octanol–water partition coefficient (Wildman–Crippen LogP) is 1.94. The second kappa shape index (κ2) is 7.26. The summed E-state index contributed by atoms with van der Waals surface area (Å²) in [6.45, 7) is 8.09. The van der Waals surface area contributed by atoms with E-state index in [1.54, 1.807) is 6.92 Å². The number of hydrogen-bond acceptors (Lipinski definition) is 4. The molecule has 0 amide bonds. The van der Waals surface area contributed by atoms with E-state index >= 15 is 0 Å². The molecule has 92 valence electrons. The van der Waals surface area contributed by atoms with E-state index in [4.69, 9.17) is 16.0 Å². The summed E-state index contributed by atoms with van der Waals surface area (Å²) >= 11 is 0. The fourth-order valence-electron chi connectivity index (χ4n) is 0.917. The number of terminal acetylenes is 1. The zero-order chi connectivity index (χ0) is 12.6. The Morgan fingerprint density at radius 2 is 2.06 bits per heavy atom. The van der Waals surface area contributed by atoms with Crippen molar-refractivity contribution in [3.05, 3.63) is 0 Å². The molecule has 0 spiro atoms. The maximum Gasteiger partial charge on any atom is 0.342 e. The van der Waals surface area contributed by atoms with Crippen molar-refractivity contribution in [1.82, 2.24) is 0 Å². The average molecular weight is 228 g/mol. The van der Waals surface area contributed by atoms with Gasteiger partial charge in [0.2, 0.25) is 0 Å². The Labute approximate surface area is 97.2 Å². The molecule has 0 saturated heterocycles. The molecule has 1 unspecified atom stereocenters. The minimum absolute atomic E-state index is 0.129. The van der Waals surface area contributed by atoms with Crippen molar-refractivity contribution in [2.45, 2.75) is 40.2 Å². The quantitative estimate of drug-likeness (QED) is 0.396. The third-order valence-electron chi connectivity index (χ3n) is 1.99. The molecule has 0 fully saturated rings. The molecule has 0 aliphatic carbocycles. The lowest BCUT2D eigenvalue weighted by Crippen LogP contribution is -2.34. The lowest BCUT2D eigenvalue weighted by Gasteiger charge is -2.28. The van der Waals surface area contributed by atoms with Crippen LogP contribution in [-0.2, 0) is 19.3 Å². The summed E-state index contributed by atoms with van der Waals surface area (Å²) in [5.74, 6) is 2.00. The summed E-state index contributed by atoms with van der Waals surface area (Å²) in [4.78, 5) is 20.2. The monoisotopic (exact) mass is 228 g/mol. The molecule has 0 aliphatic rings. The molecule has 4 nitrogen and oxygen atoms in total. The first-order valence-corrected chi connectivity index (χ1v) is 5.29. The van der Waals surface area contributed by atoms with Crippen LogP contribution in [0.3, 0.4) is 0 Å². The Morgan fingerprint density at radius 3 is 2.50 bits per heavy atom. The first-order valence-electron chi connectivity index (χ1n) is 5.29. The van der Waals surface area contributed by atoms with Gasteiger partial charge < -0.3 is 4.74 Å². The minimum atomic E-state index is -0.399. The molecule has 0 rings (SSSR count). The maximum atomic E-state index is 10.8. The lowest BCUT2D eigenvalue weighted by molar-refractivity contribution is -0.288. The van der Waals surface area contributed by atoms with Crippen molar-refractivity contribution in [1.29, 1.82) is 0 Å². The van der Waals surface area contributed by atoms with Crippen LogP contribution in [0.25, 0.3) is 0 Å². The van der Waals surface area contributed by atoms with Crippen molar-refractivity contribution >= 4 is 5.97 Å². The van der Waals surface area contributed by atoms with Gasteiger partial charge in [0.1, 0.15) is 13.2 Å². The largest absolute Gasteiger partial charge is 0.362 e. The smallest absolute Gasteiger partial charge is 0.342 e. The molecule has 0 aliphatic heterocycles. The van der Waals surface area contributed by atoms with E-state index in [1.807, 2.05) is 20.8 Å². The number of ether oxygens (including phenoxy) is 1. The number of carbonyl (C=O) groups is 1. The Hall–Kier alpha value is -1.05. The Bertz CT molecular complexity index is 247. The molecule has 0 aromatic heterocycles. The van der Waals surface area contributed by atoms with Crippen LogP contribution in [0.2, 0.25) is 0 Å². The molecule has 0 saturated carbocycles. The second-order valence-corrected chi connectivity index (χ2v) is 4.46. The van der Waals surface area contributed by atoms with Gasteiger partial charge in [-0.1, -0.05) is 33.6 Å². The highest BCUT2D eigenvalue weighted by Crippen LogP contribution is 2.22. The number of carbonyl (C=O) groups excluding carboxylic acids is 1. The van der Waals surface area contributed by atoms with E-state index in [0.29, 0.717) is 0 Å². The van der Waals surface area contributed by atoms with Gasteiger partial charge in [-0.25, -0.2) is 4.79 Å². The number of rotatable bonds is 6. The minimum Gasteiger partial charge on any atom is -0.362 e. The molecule has 0 aromatic carbocycles. The van der Waals surface area contributed by atoms with E-state index in [2.05, 4.69) is 10.8 Å². The van der Waals surface area contributed by atoms with Crippen LogP contribution in [0.15, 0.2) is 0 Å². The SMILES string of the molecule is C#CCOC(COOC(=O)CC)C(C)(C)C. The van der Waals surface area contributed by atoms with Crippen LogP contribution in [0.4, 0.5) is 0 Å². The van der Waals surface area contributed by atoms with Gasteiger partial charge in [0, 0.05) is 6.42 Å². The summed E-state index contributed by atoms with van der Waals surface area (Å²) in [7, 11) is 0. The van der Waals surface area contributed by atoms with Gasteiger partial charge in [-0.05, 0) is 5.41 Å². The van der Waals surface area contributed by atoms with Gasteiger partial charge in [-0.2, -0.15) is 4.89 Å². The second-order valence-electron chi connectivity index (χ2n) is 4.46. The lowest BCUT2D eigenvalue weighted by atomic mass is 9.89. The van der Waals surface area contributed by atoms with Crippen LogP contribution >= 0.6 is 0 Å². The fourth-order valence-corrected chi connectivity index (χ4v) is 0.917. The van der Waals surface area contributed by atoms with E-state index in [9.17, 15) is 4.79 Å². The predicted molar refractivity (Wildman–Crippen MR) is 60.4 cm³/mol. The molecule has 0 radical (unpaired) electrons. The standard InChI is InChI=1S/C12H20O4/c1-6-8-14-10(12(3,4)5)9-15-16-11(13)7-2/h1,10H,7-9H2,2-5H3. The Balaban J connectivity index is 4.03. The first kappa shape index (κ1) is 14.9. The van der Waals surface area contributed by atoms with Gasteiger partial charge in [0.05, 0.1) is 6.10 Å². The summed E-state index contributed by atoms with van der Waals surface area (Å²) in [6.07, 6.45) is 5.19. The highest BCUT2D eigenvalue weighted by atomic mass is 17.2. The van der Waals surface area contributed by atoms with Crippen LogP contribution in [0.1, 0.15) is 34.1 Å². The Kier molecular flexibility index (Phi) is 6.78. The first-order chi connectivity index (χ1) is 7.41. The van der Waals surface area contributed by atoms with Gasteiger partial charge >= 0.3 is 5.97 Å². The summed E-state index contributed by atoms with van der Waals surface area (Å²) in [5, 5.41) is 0. The molecule has 0 aromatic rings. The molecule has 1 atom stereocenters. The van der Waals surface area contributed by atoms with Crippen LogP contribution in [-0.4, -0.2) is 25.3 Å². The molecular formula is C12H20O4. The summed E-state index contributed by atoms with van der Waals surface area (Å²) in [6, 6.07) is 0. The van der Waals surface area contributed by atoms with Gasteiger partial charge in [-0.3, -0.25) is 4.89 Å². The Morgan fingerprint density at radius 1 is 1.44 bits per heavy atom. The van der Waals surface area contributed by atoms with Crippen LogP contribution in [0, 0.1) is 17.8 Å². The highest BCUT2D eigenvalue weighted by molar-refractivity contribution is 5.68. The highest BCUT2D eigenvalue weighted by Gasteiger charge is 2.26. The van der Waals surface area contributed by atoms with Crippen molar-refractivity contribution in [3.8, 4) is 12.3 Å². The molecule has 0 N–H and O–H groups in total. The zero-order valence-electron chi connectivity index (χ0n) is 10.4. The van der Waals surface area contributed by atoms with Crippen molar-refractivity contribution < 1.29 is 19.3 Å². The summed E-state index contributed by atoms with van der Waals surface area (Å²) in [5.41, 5.74) is -0.129. The number of hydrogen-bond donors (Lipinski definition) is 0. The van der Waals surface area contributed by atoms with E-state index in [0.717, 1.165) is 0 Å². The summed E-state index contributed by atoms with van der Waals surface area (Å²) < 4.78 is 5.42. The van der Waals surface area contributed by atoms with Crippen LogP contribution in [0.5, 0.6) is 0 Å². The molecule has 0 bridgehead atoms. The molecule has 0 heterocycles. The van der Waals surface area contributed by atoms with Crippen molar-refractivity contribution in [2.24, 2.45) is 5.41 Å². The van der Waals surface area contributed by atoms with E-state index < -0.39 is 5.97 Å². The maximum absolute atomic E-state index is 10.8. The van der Waals surface area contributed by atoms with Gasteiger partial charge in [0.15, 0.2) is 0 Å². The molecule has 4 heteroatoms. The normalized spacial score (nSPS) is 12.9.